The van der Waals surface area contributed by atoms with Crippen LogP contribution >= 0.6 is 11.8 Å². The Hall–Kier alpha value is -1.26. The fourth-order valence-corrected chi connectivity index (χ4v) is 2.52. The Morgan fingerprint density at radius 2 is 2.06 bits per heavy atom. The molecule has 0 aliphatic rings. The fraction of sp³-hybridized carbons (Fsp3) is 0.308. The molecule has 4 heteroatoms. The van der Waals surface area contributed by atoms with E-state index < -0.39 is 0 Å². The first kappa shape index (κ1) is 12.2. The van der Waals surface area contributed by atoms with E-state index >= 15 is 0 Å². The zero-order chi connectivity index (χ0) is 12.1. The Balaban J connectivity index is 1.97. The molecule has 1 aromatic heterocycles. The third kappa shape index (κ3) is 3.11. The van der Waals surface area contributed by atoms with Gasteiger partial charge in [-0.15, -0.1) is 11.8 Å². The van der Waals surface area contributed by atoms with Crippen LogP contribution < -0.4 is 5.73 Å². The van der Waals surface area contributed by atoms with Crippen LogP contribution in [0.1, 0.15) is 18.2 Å². The smallest absolute Gasteiger partial charge is 0.0948 e. The van der Waals surface area contributed by atoms with Crippen LogP contribution in [0, 0.1) is 0 Å². The van der Waals surface area contributed by atoms with Crippen molar-refractivity contribution in [2.75, 3.05) is 0 Å². The van der Waals surface area contributed by atoms with Crippen LogP contribution in [-0.4, -0.2) is 9.55 Å². The SMILES string of the molecule is CCn1cncc1CSc1ccc(CN)cc1. The number of hydrogen-bond acceptors (Lipinski definition) is 3. The molecule has 1 heterocycles. The van der Waals surface area contributed by atoms with Crippen molar-refractivity contribution in [3.05, 3.63) is 48.0 Å². The first-order valence-electron chi connectivity index (χ1n) is 5.74. The normalized spacial score (nSPS) is 10.7. The lowest BCUT2D eigenvalue weighted by Crippen LogP contribution is -1.97. The van der Waals surface area contributed by atoms with Gasteiger partial charge in [0.05, 0.1) is 6.33 Å². The van der Waals surface area contributed by atoms with E-state index in [1.165, 1.54) is 16.2 Å². The summed E-state index contributed by atoms with van der Waals surface area (Å²) in [6.07, 6.45) is 3.82. The summed E-state index contributed by atoms with van der Waals surface area (Å²) in [5, 5.41) is 0. The second-order valence-corrected chi connectivity index (χ2v) is 4.86. The third-order valence-corrected chi connectivity index (χ3v) is 3.73. The summed E-state index contributed by atoms with van der Waals surface area (Å²) < 4.78 is 2.17. The molecule has 2 N–H and O–H groups in total. The molecule has 0 amide bonds. The van der Waals surface area contributed by atoms with Crippen LogP contribution in [0.25, 0.3) is 0 Å². The standard InChI is InChI=1S/C13H17N3S/c1-2-16-10-15-8-12(16)9-17-13-5-3-11(7-14)4-6-13/h3-6,8,10H,2,7,9,14H2,1H3. The summed E-state index contributed by atoms with van der Waals surface area (Å²) in [4.78, 5) is 5.44. The maximum absolute atomic E-state index is 5.57. The first-order chi connectivity index (χ1) is 8.33. The zero-order valence-corrected chi connectivity index (χ0v) is 10.8. The molecule has 3 nitrogen and oxygen atoms in total. The molecule has 0 aliphatic carbocycles. The Morgan fingerprint density at radius 1 is 1.29 bits per heavy atom. The number of nitrogens with zero attached hydrogens (tertiary/aromatic N) is 2. The summed E-state index contributed by atoms with van der Waals surface area (Å²) in [5.41, 5.74) is 8.01. The molecule has 17 heavy (non-hydrogen) atoms. The van der Waals surface area contributed by atoms with E-state index in [1.54, 1.807) is 0 Å². The second kappa shape index (κ2) is 5.89. The van der Waals surface area contributed by atoms with E-state index in [0.717, 1.165) is 12.3 Å². The highest BCUT2D eigenvalue weighted by atomic mass is 32.2. The van der Waals surface area contributed by atoms with E-state index in [1.807, 2.05) is 24.3 Å². The van der Waals surface area contributed by atoms with Crippen LogP contribution in [0.2, 0.25) is 0 Å². The molecule has 0 aliphatic heterocycles. The molecule has 90 valence electrons. The minimum absolute atomic E-state index is 0.605. The minimum atomic E-state index is 0.605. The number of imidazole rings is 1. The number of aryl methyl sites for hydroxylation is 1. The van der Waals surface area contributed by atoms with Crippen LogP contribution in [0.15, 0.2) is 41.7 Å². The van der Waals surface area contributed by atoms with Gasteiger partial charge in [-0.1, -0.05) is 12.1 Å². The van der Waals surface area contributed by atoms with Crippen LogP contribution in [0.4, 0.5) is 0 Å². The molecular weight excluding hydrogens is 230 g/mol. The lowest BCUT2D eigenvalue weighted by atomic mass is 10.2. The van der Waals surface area contributed by atoms with Crippen molar-refractivity contribution in [2.24, 2.45) is 5.73 Å². The number of thioether (sulfide) groups is 1. The highest BCUT2D eigenvalue weighted by molar-refractivity contribution is 7.98. The molecule has 0 saturated heterocycles. The molecule has 2 rings (SSSR count). The number of hydrogen-bond donors (Lipinski definition) is 1. The maximum Gasteiger partial charge on any atom is 0.0948 e. The fourth-order valence-electron chi connectivity index (χ4n) is 1.63. The van der Waals surface area contributed by atoms with E-state index in [4.69, 9.17) is 5.73 Å². The molecule has 1 aromatic carbocycles. The predicted octanol–water partition coefficient (Wildman–Crippen LogP) is 2.65. The molecule has 2 aromatic rings. The largest absolute Gasteiger partial charge is 0.334 e. The Morgan fingerprint density at radius 3 is 2.71 bits per heavy atom. The first-order valence-corrected chi connectivity index (χ1v) is 6.73. The number of rotatable bonds is 5. The quantitative estimate of drug-likeness (QED) is 0.826. The molecule has 0 saturated carbocycles. The summed E-state index contributed by atoms with van der Waals surface area (Å²) in [6.45, 7) is 3.71. The molecule has 0 fully saturated rings. The van der Waals surface area contributed by atoms with Crippen molar-refractivity contribution in [1.29, 1.82) is 0 Å². The van der Waals surface area contributed by atoms with Crippen LogP contribution in [0.3, 0.4) is 0 Å². The predicted molar refractivity (Wildman–Crippen MR) is 71.8 cm³/mol. The average molecular weight is 247 g/mol. The topological polar surface area (TPSA) is 43.8 Å². The minimum Gasteiger partial charge on any atom is -0.334 e. The summed E-state index contributed by atoms with van der Waals surface area (Å²) in [7, 11) is 0. The van der Waals surface area contributed by atoms with Crippen molar-refractivity contribution in [3.63, 3.8) is 0 Å². The third-order valence-electron chi connectivity index (χ3n) is 2.68. The Bertz CT molecular complexity index is 462. The maximum atomic E-state index is 5.57. The van der Waals surface area contributed by atoms with Gasteiger partial charge in [0.2, 0.25) is 0 Å². The van der Waals surface area contributed by atoms with E-state index in [0.29, 0.717) is 6.54 Å². The zero-order valence-electron chi connectivity index (χ0n) is 9.97. The van der Waals surface area contributed by atoms with Crippen molar-refractivity contribution < 1.29 is 0 Å². The molecule has 0 radical (unpaired) electrons. The van der Waals surface area contributed by atoms with Gasteiger partial charge in [-0.3, -0.25) is 0 Å². The average Bonchev–Trinajstić information content (AvgIpc) is 2.84. The number of nitrogens with two attached hydrogens (primary N) is 1. The highest BCUT2D eigenvalue weighted by Gasteiger charge is 2.01. The summed E-state index contributed by atoms with van der Waals surface area (Å²) >= 11 is 1.83. The monoisotopic (exact) mass is 247 g/mol. The van der Waals surface area contributed by atoms with Gasteiger partial charge in [-0.2, -0.15) is 0 Å². The Kier molecular flexibility index (Phi) is 4.23. The van der Waals surface area contributed by atoms with E-state index in [9.17, 15) is 0 Å². The molecule has 0 bridgehead atoms. The van der Waals surface area contributed by atoms with Gasteiger partial charge in [0.15, 0.2) is 0 Å². The van der Waals surface area contributed by atoms with Gasteiger partial charge in [-0.05, 0) is 24.6 Å². The van der Waals surface area contributed by atoms with Gasteiger partial charge in [-0.25, -0.2) is 4.98 Å². The molecule has 0 unspecified atom stereocenters. The molecule has 0 spiro atoms. The molecule has 0 atom stereocenters. The van der Waals surface area contributed by atoms with Gasteiger partial charge in [0, 0.05) is 35.6 Å². The van der Waals surface area contributed by atoms with Crippen molar-refractivity contribution in [3.8, 4) is 0 Å². The van der Waals surface area contributed by atoms with Gasteiger partial charge in [0.1, 0.15) is 0 Å². The number of aromatic nitrogens is 2. The lowest BCUT2D eigenvalue weighted by molar-refractivity contribution is 0.734. The lowest BCUT2D eigenvalue weighted by Gasteiger charge is -2.05. The van der Waals surface area contributed by atoms with E-state index in [2.05, 4.69) is 40.7 Å². The Labute approximate surface area is 106 Å². The second-order valence-electron chi connectivity index (χ2n) is 3.81. The van der Waals surface area contributed by atoms with E-state index in [-0.39, 0.29) is 0 Å². The summed E-state index contributed by atoms with van der Waals surface area (Å²) in [5.74, 6) is 0.954. The number of benzene rings is 1. The summed E-state index contributed by atoms with van der Waals surface area (Å²) in [6, 6.07) is 8.41. The molecular formula is C13H17N3S. The van der Waals surface area contributed by atoms with Gasteiger partial charge >= 0.3 is 0 Å². The van der Waals surface area contributed by atoms with Crippen LogP contribution in [0.5, 0.6) is 0 Å². The van der Waals surface area contributed by atoms with Crippen LogP contribution in [-0.2, 0) is 18.8 Å². The van der Waals surface area contributed by atoms with Crippen molar-refractivity contribution >= 4 is 11.8 Å². The van der Waals surface area contributed by atoms with Crippen molar-refractivity contribution in [2.45, 2.75) is 30.7 Å². The van der Waals surface area contributed by atoms with Gasteiger partial charge < -0.3 is 10.3 Å². The highest BCUT2D eigenvalue weighted by Crippen LogP contribution is 2.22. The van der Waals surface area contributed by atoms with Gasteiger partial charge in [0.25, 0.3) is 0 Å². The van der Waals surface area contributed by atoms with Crippen molar-refractivity contribution in [1.82, 2.24) is 9.55 Å².